The van der Waals surface area contributed by atoms with E-state index in [1.165, 1.54) is 0 Å². The number of esters is 1. The maximum Gasteiger partial charge on any atom is 0.315 e. The van der Waals surface area contributed by atoms with Crippen molar-refractivity contribution in [3.63, 3.8) is 0 Å². The zero-order valence-electron chi connectivity index (χ0n) is 17.4. The second kappa shape index (κ2) is 11.6. The molecule has 1 unspecified atom stereocenters. The number of carbonyl (C=O) groups is 3. The number of hydrogen-bond acceptors (Lipinski definition) is 7. The van der Waals surface area contributed by atoms with Crippen molar-refractivity contribution in [3.8, 4) is 0 Å². The molecule has 3 rings (SSSR count). The summed E-state index contributed by atoms with van der Waals surface area (Å²) in [5, 5.41) is 16.7. The van der Waals surface area contributed by atoms with Gasteiger partial charge in [0.15, 0.2) is 0 Å². The molecule has 0 saturated carbocycles. The van der Waals surface area contributed by atoms with Crippen molar-refractivity contribution in [3.05, 3.63) is 76.2 Å². The second-order valence-electron chi connectivity index (χ2n) is 6.62. The highest BCUT2D eigenvalue weighted by molar-refractivity contribution is 7.13. The van der Waals surface area contributed by atoms with Crippen LogP contribution in [0.2, 0.25) is 0 Å². The molecule has 2 aromatic carbocycles. The highest BCUT2D eigenvalue weighted by Gasteiger charge is 2.20. The lowest BCUT2D eigenvalue weighted by molar-refractivity contribution is -0.143. The molecule has 1 aromatic heterocycles. The van der Waals surface area contributed by atoms with E-state index in [-0.39, 0.29) is 30.5 Å². The van der Waals surface area contributed by atoms with Gasteiger partial charge in [0.25, 0.3) is 5.91 Å². The SMILES string of the molecule is CCOC(=O)CC(NC(=O)NCc1nnc(C(=O)Nc2ccccc2)s1)c1ccccc1. The molecule has 3 N–H and O–H groups in total. The van der Waals surface area contributed by atoms with E-state index in [0.717, 1.165) is 16.9 Å². The Kier molecular flexibility index (Phi) is 8.27. The highest BCUT2D eigenvalue weighted by atomic mass is 32.1. The van der Waals surface area contributed by atoms with Crippen molar-refractivity contribution in [1.29, 1.82) is 0 Å². The number of carbonyl (C=O) groups excluding carboxylic acids is 3. The molecule has 0 aliphatic rings. The first-order valence-electron chi connectivity index (χ1n) is 9.99. The fourth-order valence-electron chi connectivity index (χ4n) is 2.81. The number of amides is 3. The number of nitrogens with zero attached hydrogens (tertiary/aromatic N) is 2. The average molecular weight is 454 g/mol. The number of ether oxygens (including phenoxy) is 1. The summed E-state index contributed by atoms with van der Waals surface area (Å²) in [5.74, 6) is -0.775. The van der Waals surface area contributed by atoms with E-state index in [1.807, 2.05) is 48.5 Å². The van der Waals surface area contributed by atoms with E-state index < -0.39 is 18.0 Å². The predicted molar refractivity (Wildman–Crippen MR) is 120 cm³/mol. The molecule has 3 amide bonds. The minimum Gasteiger partial charge on any atom is -0.466 e. The van der Waals surface area contributed by atoms with Crippen molar-refractivity contribution >= 4 is 34.9 Å². The summed E-state index contributed by atoms with van der Waals surface area (Å²) in [6.45, 7) is 2.08. The van der Waals surface area contributed by atoms with Crippen LogP contribution in [0.1, 0.15) is 39.8 Å². The van der Waals surface area contributed by atoms with Crippen molar-refractivity contribution in [2.45, 2.75) is 25.9 Å². The number of para-hydroxylation sites is 1. The van der Waals surface area contributed by atoms with Crippen LogP contribution >= 0.6 is 11.3 Å². The summed E-state index contributed by atoms with van der Waals surface area (Å²) in [7, 11) is 0. The van der Waals surface area contributed by atoms with Crippen LogP contribution in [-0.4, -0.2) is 34.7 Å². The van der Waals surface area contributed by atoms with Crippen LogP contribution in [0.15, 0.2) is 60.7 Å². The summed E-state index contributed by atoms with van der Waals surface area (Å²) in [6, 6.07) is 17.2. The summed E-state index contributed by atoms with van der Waals surface area (Å²) >= 11 is 1.08. The van der Waals surface area contributed by atoms with Gasteiger partial charge in [0.1, 0.15) is 5.01 Å². The first kappa shape index (κ1) is 22.9. The second-order valence-corrected chi connectivity index (χ2v) is 7.68. The van der Waals surface area contributed by atoms with Crippen molar-refractivity contribution < 1.29 is 19.1 Å². The van der Waals surface area contributed by atoms with Gasteiger partial charge in [0, 0.05) is 5.69 Å². The lowest BCUT2D eigenvalue weighted by Gasteiger charge is -2.18. The average Bonchev–Trinajstić information content (AvgIpc) is 3.28. The monoisotopic (exact) mass is 453 g/mol. The Hall–Kier alpha value is -3.79. The van der Waals surface area contributed by atoms with Gasteiger partial charge in [-0.25, -0.2) is 4.79 Å². The molecular weight excluding hydrogens is 430 g/mol. The quantitative estimate of drug-likeness (QED) is 0.428. The Balaban J connectivity index is 1.55. The number of nitrogens with one attached hydrogen (secondary N) is 3. The van der Waals surface area contributed by atoms with Gasteiger partial charge < -0.3 is 20.7 Å². The molecule has 0 saturated heterocycles. The number of urea groups is 1. The van der Waals surface area contributed by atoms with Gasteiger partial charge in [-0.05, 0) is 24.6 Å². The summed E-state index contributed by atoms with van der Waals surface area (Å²) in [4.78, 5) is 36.6. The minimum atomic E-state index is -0.545. The van der Waals surface area contributed by atoms with E-state index in [9.17, 15) is 14.4 Å². The smallest absolute Gasteiger partial charge is 0.315 e. The fraction of sp³-hybridized carbons (Fsp3) is 0.227. The molecule has 9 nitrogen and oxygen atoms in total. The number of benzene rings is 2. The summed E-state index contributed by atoms with van der Waals surface area (Å²) in [6.07, 6.45) is 0.00782. The summed E-state index contributed by atoms with van der Waals surface area (Å²) in [5.41, 5.74) is 1.44. The molecule has 0 aliphatic heterocycles. The van der Waals surface area contributed by atoms with Crippen LogP contribution < -0.4 is 16.0 Å². The molecule has 1 atom stereocenters. The molecule has 32 heavy (non-hydrogen) atoms. The molecule has 1 heterocycles. The number of aromatic nitrogens is 2. The molecule has 3 aromatic rings. The molecule has 0 spiro atoms. The third-order valence-corrected chi connectivity index (χ3v) is 5.20. The van der Waals surface area contributed by atoms with Crippen LogP contribution in [0.5, 0.6) is 0 Å². The molecule has 166 valence electrons. The topological polar surface area (TPSA) is 122 Å². The Labute approximate surface area is 189 Å². The molecule has 0 aliphatic carbocycles. The third-order valence-electron chi connectivity index (χ3n) is 4.28. The largest absolute Gasteiger partial charge is 0.466 e. The third kappa shape index (κ3) is 6.88. The lowest BCUT2D eigenvalue weighted by atomic mass is 10.0. The van der Waals surface area contributed by atoms with Crippen LogP contribution in [-0.2, 0) is 16.1 Å². The van der Waals surface area contributed by atoms with Gasteiger partial charge in [-0.1, -0.05) is 59.9 Å². The number of anilines is 1. The predicted octanol–water partition coefficient (Wildman–Crippen LogP) is 3.28. The highest BCUT2D eigenvalue weighted by Crippen LogP contribution is 2.17. The van der Waals surface area contributed by atoms with Gasteiger partial charge >= 0.3 is 12.0 Å². The molecule has 0 fully saturated rings. The van der Waals surface area contributed by atoms with Crippen molar-refractivity contribution in [2.24, 2.45) is 0 Å². The maximum atomic E-state index is 12.4. The van der Waals surface area contributed by atoms with Crippen LogP contribution in [0.25, 0.3) is 0 Å². The Morgan fingerprint density at radius 3 is 2.38 bits per heavy atom. The molecular formula is C22H23N5O4S. The minimum absolute atomic E-state index is 0.00782. The molecule has 0 bridgehead atoms. The van der Waals surface area contributed by atoms with E-state index in [1.54, 1.807) is 19.1 Å². The lowest BCUT2D eigenvalue weighted by Crippen LogP contribution is -2.38. The van der Waals surface area contributed by atoms with E-state index in [4.69, 9.17) is 4.74 Å². The van der Waals surface area contributed by atoms with Gasteiger partial charge in [0.2, 0.25) is 5.01 Å². The van der Waals surface area contributed by atoms with Crippen molar-refractivity contribution in [1.82, 2.24) is 20.8 Å². The van der Waals surface area contributed by atoms with Gasteiger partial charge in [-0.3, -0.25) is 9.59 Å². The summed E-state index contributed by atoms with van der Waals surface area (Å²) < 4.78 is 5.01. The molecule has 10 heteroatoms. The zero-order chi connectivity index (χ0) is 22.8. The van der Waals surface area contributed by atoms with E-state index >= 15 is 0 Å². The molecule has 0 radical (unpaired) electrons. The Morgan fingerprint density at radius 1 is 1.00 bits per heavy atom. The van der Waals surface area contributed by atoms with Crippen LogP contribution in [0, 0.1) is 0 Å². The first-order valence-corrected chi connectivity index (χ1v) is 10.8. The zero-order valence-corrected chi connectivity index (χ0v) is 18.2. The van der Waals surface area contributed by atoms with E-state index in [2.05, 4.69) is 26.1 Å². The fourth-order valence-corrected chi connectivity index (χ4v) is 3.49. The number of rotatable bonds is 9. The maximum absolute atomic E-state index is 12.4. The Bertz CT molecular complexity index is 1040. The van der Waals surface area contributed by atoms with Crippen LogP contribution in [0.4, 0.5) is 10.5 Å². The van der Waals surface area contributed by atoms with Crippen molar-refractivity contribution in [2.75, 3.05) is 11.9 Å². The van der Waals surface area contributed by atoms with Gasteiger partial charge in [0.05, 0.1) is 25.6 Å². The normalized spacial score (nSPS) is 11.3. The first-order chi connectivity index (χ1) is 15.5. The van der Waals surface area contributed by atoms with Crippen LogP contribution in [0.3, 0.4) is 0 Å². The van der Waals surface area contributed by atoms with Gasteiger partial charge in [-0.2, -0.15) is 0 Å². The van der Waals surface area contributed by atoms with Gasteiger partial charge in [-0.15, -0.1) is 10.2 Å². The standard InChI is InChI=1S/C22H23N5O4S/c1-2-31-19(28)13-17(15-9-5-3-6-10-15)25-22(30)23-14-18-26-27-21(32-18)20(29)24-16-11-7-4-8-12-16/h3-12,17H,2,13-14H2,1H3,(H,24,29)(H2,23,25,30). The Morgan fingerprint density at radius 2 is 1.69 bits per heavy atom. The number of hydrogen-bond donors (Lipinski definition) is 3. The van der Waals surface area contributed by atoms with E-state index in [0.29, 0.717) is 10.7 Å².